The second-order valence-electron chi connectivity index (χ2n) is 5.03. The monoisotopic (exact) mass is 279 g/mol. The minimum absolute atomic E-state index is 0.0377. The molecule has 0 aliphatic carbocycles. The van der Waals surface area contributed by atoms with E-state index in [4.69, 9.17) is 0 Å². The topological polar surface area (TPSA) is 57.8 Å². The molecule has 3 rings (SSSR count). The van der Waals surface area contributed by atoms with Crippen LogP contribution in [0.15, 0.2) is 48.7 Å². The van der Waals surface area contributed by atoms with Gasteiger partial charge in [-0.25, -0.2) is 0 Å². The number of carbonyl (C=O) groups excluding carboxylic acids is 1. The molecule has 3 aromatic rings. The Morgan fingerprint density at radius 2 is 2.00 bits per heavy atom. The van der Waals surface area contributed by atoms with Crippen molar-refractivity contribution < 1.29 is 4.79 Å². The van der Waals surface area contributed by atoms with Crippen LogP contribution >= 0.6 is 0 Å². The van der Waals surface area contributed by atoms with Crippen LogP contribution in [0.25, 0.3) is 10.8 Å². The standard InChI is InChI=1S/C17H17N3O/c1-2-13-11-18-20-17(13)19-16(21)10-12-7-8-14-5-3-4-6-15(14)9-12/h3-9,11H,2,10H2,1H3,(H2,18,19,20,21). The van der Waals surface area contributed by atoms with Gasteiger partial charge in [-0.1, -0.05) is 49.4 Å². The number of hydrogen-bond donors (Lipinski definition) is 2. The predicted molar refractivity (Wildman–Crippen MR) is 84.2 cm³/mol. The lowest BCUT2D eigenvalue weighted by atomic mass is 10.0. The van der Waals surface area contributed by atoms with E-state index in [-0.39, 0.29) is 5.91 Å². The zero-order valence-corrected chi connectivity index (χ0v) is 11.9. The summed E-state index contributed by atoms with van der Waals surface area (Å²) in [6.07, 6.45) is 2.93. The minimum Gasteiger partial charge on any atom is -0.311 e. The fourth-order valence-corrected chi connectivity index (χ4v) is 2.41. The summed E-state index contributed by atoms with van der Waals surface area (Å²) < 4.78 is 0. The number of rotatable bonds is 4. The van der Waals surface area contributed by atoms with Crippen molar-refractivity contribution in [3.8, 4) is 0 Å². The molecule has 0 spiro atoms. The number of hydrogen-bond acceptors (Lipinski definition) is 2. The highest BCUT2D eigenvalue weighted by Crippen LogP contribution is 2.17. The van der Waals surface area contributed by atoms with Gasteiger partial charge >= 0.3 is 0 Å². The number of nitrogens with one attached hydrogen (secondary N) is 2. The number of nitrogens with zero attached hydrogens (tertiary/aromatic N) is 1. The van der Waals surface area contributed by atoms with Crippen molar-refractivity contribution >= 4 is 22.5 Å². The largest absolute Gasteiger partial charge is 0.311 e. The number of anilines is 1. The normalized spacial score (nSPS) is 10.7. The number of aromatic nitrogens is 2. The number of carbonyl (C=O) groups is 1. The van der Waals surface area contributed by atoms with Crippen molar-refractivity contribution in [3.63, 3.8) is 0 Å². The van der Waals surface area contributed by atoms with Crippen LogP contribution in [0.4, 0.5) is 5.82 Å². The average molecular weight is 279 g/mol. The molecule has 1 heterocycles. The summed E-state index contributed by atoms with van der Waals surface area (Å²) in [7, 11) is 0. The number of fused-ring (bicyclic) bond motifs is 1. The molecular weight excluding hydrogens is 262 g/mol. The molecule has 21 heavy (non-hydrogen) atoms. The first kappa shape index (κ1) is 13.4. The van der Waals surface area contributed by atoms with Gasteiger partial charge in [0.1, 0.15) is 5.82 Å². The molecule has 106 valence electrons. The summed E-state index contributed by atoms with van der Waals surface area (Å²) >= 11 is 0. The molecule has 0 aliphatic rings. The van der Waals surface area contributed by atoms with E-state index in [0.717, 1.165) is 22.9 Å². The number of aromatic amines is 1. The van der Waals surface area contributed by atoms with E-state index in [9.17, 15) is 4.79 Å². The van der Waals surface area contributed by atoms with Crippen LogP contribution in [0.3, 0.4) is 0 Å². The highest BCUT2D eigenvalue weighted by atomic mass is 16.1. The summed E-state index contributed by atoms with van der Waals surface area (Å²) in [5, 5.41) is 12.0. The Kier molecular flexibility index (Phi) is 3.69. The average Bonchev–Trinajstić information content (AvgIpc) is 2.94. The molecule has 0 bridgehead atoms. The van der Waals surface area contributed by atoms with Gasteiger partial charge in [0.05, 0.1) is 12.6 Å². The van der Waals surface area contributed by atoms with Crippen LogP contribution in [-0.2, 0) is 17.6 Å². The number of H-pyrrole nitrogens is 1. The molecule has 4 nitrogen and oxygen atoms in total. The lowest BCUT2D eigenvalue weighted by Gasteiger charge is -2.06. The van der Waals surface area contributed by atoms with Gasteiger partial charge in [0.25, 0.3) is 0 Å². The van der Waals surface area contributed by atoms with E-state index in [1.165, 1.54) is 5.39 Å². The van der Waals surface area contributed by atoms with E-state index in [1.54, 1.807) is 6.20 Å². The van der Waals surface area contributed by atoms with Crippen LogP contribution in [0, 0.1) is 0 Å². The van der Waals surface area contributed by atoms with E-state index < -0.39 is 0 Å². The summed E-state index contributed by atoms with van der Waals surface area (Å²) in [6, 6.07) is 14.2. The van der Waals surface area contributed by atoms with Crippen molar-refractivity contribution in [2.45, 2.75) is 19.8 Å². The van der Waals surface area contributed by atoms with Gasteiger partial charge < -0.3 is 5.32 Å². The lowest BCUT2D eigenvalue weighted by molar-refractivity contribution is -0.115. The van der Waals surface area contributed by atoms with Crippen LogP contribution in [0.5, 0.6) is 0 Å². The molecule has 0 atom stereocenters. The highest BCUT2D eigenvalue weighted by molar-refractivity contribution is 5.93. The zero-order valence-electron chi connectivity index (χ0n) is 11.9. The first-order valence-corrected chi connectivity index (χ1v) is 7.06. The SMILES string of the molecule is CCc1cn[nH]c1NC(=O)Cc1ccc2ccccc2c1. The van der Waals surface area contributed by atoms with E-state index >= 15 is 0 Å². The lowest BCUT2D eigenvalue weighted by Crippen LogP contribution is -2.15. The van der Waals surface area contributed by atoms with Gasteiger partial charge in [0.15, 0.2) is 0 Å². The van der Waals surface area contributed by atoms with Gasteiger partial charge in [0.2, 0.25) is 5.91 Å². The van der Waals surface area contributed by atoms with Crippen molar-refractivity contribution in [3.05, 3.63) is 59.8 Å². The molecule has 1 aromatic heterocycles. The van der Waals surface area contributed by atoms with E-state index in [0.29, 0.717) is 12.2 Å². The third-order valence-corrected chi connectivity index (χ3v) is 3.54. The molecule has 0 aliphatic heterocycles. The van der Waals surface area contributed by atoms with Crippen molar-refractivity contribution in [1.29, 1.82) is 0 Å². The maximum Gasteiger partial charge on any atom is 0.229 e. The first-order chi connectivity index (χ1) is 10.3. The van der Waals surface area contributed by atoms with Crippen LogP contribution in [0.2, 0.25) is 0 Å². The summed E-state index contributed by atoms with van der Waals surface area (Å²) in [5.74, 6) is 0.660. The molecule has 0 saturated heterocycles. The Labute approximate surface area is 123 Å². The molecule has 2 aromatic carbocycles. The first-order valence-electron chi connectivity index (χ1n) is 7.06. The fourth-order valence-electron chi connectivity index (χ4n) is 2.41. The molecule has 2 N–H and O–H groups in total. The summed E-state index contributed by atoms with van der Waals surface area (Å²) in [6.45, 7) is 2.03. The predicted octanol–water partition coefficient (Wildman–Crippen LogP) is 3.31. The Morgan fingerprint density at radius 3 is 2.81 bits per heavy atom. The number of amides is 1. The number of benzene rings is 2. The van der Waals surface area contributed by atoms with Gasteiger partial charge in [-0.15, -0.1) is 0 Å². The molecule has 0 radical (unpaired) electrons. The van der Waals surface area contributed by atoms with Gasteiger partial charge in [-0.05, 0) is 22.8 Å². The molecular formula is C17H17N3O. The Balaban J connectivity index is 1.74. The molecule has 4 heteroatoms. The van der Waals surface area contributed by atoms with E-state index in [2.05, 4.69) is 33.7 Å². The molecule has 0 unspecified atom stereocenters. The Hall–Kier alpha value is -2.62. The third-order valence-electron chi connectivity index (χ3n) is 3.54. The van der Waals surface area contributed by atoms with Gasteiger partial charge in [-0.3, -0.25) is 9.89 Å². The molecule has 0 saturated carbocycles. The van der Waals surface area contributed by atoms with Crippen molar-refractivity contribution in [2.24, 2.45) is 0 Å². The van der Waals surface area contributed by atoms with Crippen molar-refractivity contribution in [1.82, 2.24) is 10.2 Å². The minimum atomic E-state index is -0.0377. The highest BCUT2D eigenvalue weighted by Gasteiger charge is 2.09. The zero-order chi connectivity index (χ0) is 14.7. The van der Waals surface area contributed by atoms with Gasteiger partial charge in [0, 0.05) is 5.56 Å². The molecule has 1 amide bonds. The fraction of sp³-hybridized carbons (Fsp3) is 0.176. The molecule has 0 fully saturated rings. The van der Waals surface area contributed by atoms with Crippen LogP contribution in [0.1, 0.15) is 18.1 Å². The van der Waals surface area contributed by atoms with Crippen molar-refractivity contribution in [2.75, 3.05) is 5.32 Å². The maximum absolute atomic E-state index is 12.1. The second-order valence-corrected chi connectivity index (χ2v) is 5.03. The summed E-state index contributed by atoms with van der Waals surface area (Å²) in [5.41, 5.74) is 2.02. The Morgan fingerprint density at radius 1 is 1.19 bits per heavy atom. The Bertz CT molecular complexity index is 776. The van der Waals surface area contributed by atoms with Crippen LogP contribution < -0.4 is 5.32 Å². The quantitative estimate of drug-likeness (QED) is 0.769. The smallest absolute Gasteiger partial charge is 0.229 e. The van der Waals surface area contributed by atoms with E-state index in [1.807, 2.05) is 31.2 Å². The van der Waals surface area contributed by atoms with Crippen LogP contribution in [-0.4, -0.2) is 16.1 Å². The maximum atomic E-state index is 12.1. The summed E-state index contributed by atoms with van der Waals surface area (Å²) in [4.78, 5) is 12.1. The van der Waals surface area contributed by atoms with Gasteiger partial charge in [-0.2, -0.15) is 5.10 Å². The number of aryl methyl sites for hydroxylation is 1. The second kappa shape index (κ2) is 5.79. The third kappa shape index (κ3) is 2.94.